The number of nitrogens with one attached hydrogen (secondary N) is 2. The van der Waals surface area contributed by atoms with Crippen molar-refractivity contribution in [1.29, 1.82) is 0 Å². The molecule has 1 saturated carbocycles. The van der Waals surface area contributed by atoms with Crippen molar-refractivity contribution >= 4 is 5.91 Å². The van der Waals surface area contributed by atoms with Crippen LogP contribution in [0, 0.1) is 5.41 Å². The Labute approximate surface area is 110 Å². The van der Waals surface area contributed by atoms with Gasteiger partial charge in [0.1, 0.15) is 0 Å². The van der Waals surface area contributed by atoms with Gasteiger partial charge in [0, 0.05) is 18.6 Å². The zero-order chi connectivity index (χ0) is 13.2. The summed E-state index contributed by atoms with van der Waals surface area (Å²) in [7, 11) is 4.25. The van der Waals surface area contributed by atoms with E-state index in [4.69, 9.17) is 0 Å². The maximum atomic E-state index is 12.4. The van der Waals surface area contributed by atoms with Crippen LogP contribution in [0.5, 0.6) is 0 Å². The number of hydrogen-bond donors (Lipinski definition) is 2. The monoisotopic (exact) mass is 253 g/mol. The van der Waals surface area contributed by atoms with E-state index in [0.717, 1.165) is 32.5 Å². The van der Waals surface area contributed by atoms with Crippen molar-refractivity contribution < 1.29 is 4.79 Å². The van der Waals surface area contributed by atoms with Crippen molar-refractivity contribution in [2.24, 2.45) is 5.41 Å². The fourth-order valence-electron chi connectivity index (χ4n) is 3.20. The molecule has 1 atom stereocenters. The van der Waals surface area contributed by atoms with Crippen molar-refractivity contribution in [2.75, 3.05) is 33.7 Å². The summed E-state index contributed by atoms with van der Waals surface area (Å²) in [5, 5.41) is 6.54. The number of hydrogen-bond acceptors (Lipinski definition) is 3. The molecule has 0 spiro atoms. The smallest absolute Gasteiger partial charge is 0.227 e. The first-order valence-corrected chi connectivity index (χ1v) is 7.21. The highest BCUT2D eigenvalue weighted by atomic mass is 16.2. The van der Waals surface area contributed by atoms with E-state index in [1.54, 1.807) is 0 Å². The Morgan fingerprint density at radius 3 is 2.44 bits per heavy atom. The van der Waals surface area contributed by atoms with Gasteiger partial charge in [-0.15, -0.1) is 0 Å². The molecule has 0 aromatic rings. The van der Waals surface area contributed by atoms with Crippen LogP contribution in [-0.2, 0) is 4.79 Å². The first-order valence-electron chi connectivity index (χ1n) is 7.21. The molecular formula is C14H27N3O. The molecule has 0 bridgehead atoms. The topological polar surface area (TPSA) is 44.4 Å². The van der Waals surface area contributed by atoms with Gasteiger partial charge in [0.05, 0.1) is 5.41 Å². The maximum absolute atomic E-state index is 12.4. The zero-order valence-corrected chi connectivity index (χ0v) is 12.0. The summed E-state index contributed by atoms with van der Waals surface area (Å²) in [4.78, 5) is 14.7. The van der Waals surface area contributed by atoms with E-state index >= 15 is 0 Å². The van der Waals surface area contributed by atoms with E-state index in [1.165, 1.54) is 19.3 Å². The molecule has 2 aliphatic rings. The molecule has 4 nitrogen and oxygen atoms in total. The van der Waals surface area contributed by atoms with Gasteiger partial charge in [0.25, 0.3) is 0 Å². The molecule has 4 heteroatoms. The minimum absolute atomic E-state index is 0.156. The average Bonchev–Trinajstić information content (AvgIpc) is 2.76. The fraction of sp³-hybridized carbons (Fsp3) is 0.929. The lowest BCUT2D eigenvalue weighted by molar-refractivity contribution is -0.131. The third-order valence-corrected chi connectivity index (χ3v) is 5.21. The van der Waals surface area contributed by atoms with Gasteiger partial charge in [-0.05, 0) is 52.7 Å². The number of carbonyl (C=O) groups excluding carboxylic acids is 1. The van der Waals surface area contributed by atoms with Gasteiger partial charge in [0.2, 0.25) is 5.91 Å². The van der Waals surface area contributed by atoms with Crippen LogP contribution in [0.4, 0.5) is 0 Å². The van der Waals surface area contributed by atoms with E-state index in [2.05, 4.69) is 36.6 Å². The van der Waals surface area contributed by atoms with Gasteiger partial charge in [-0.25, -0.2) is 0 Å². The molecule has 0 aromatic heterocycles. The molecule has 1 aliphatic heterocycles. The van der Waals surface area contributed by atoms with Crippen LogP contribution < -0.4 is 10.6 Å². The van der Waals surface area contributed by atoms with E-state index in [-0.39, 0.29) is 16.9 Å². The van der Waals surface area contributed by atoms with Crippen LogP contribution in [-0.4, -0.2) is 50.1 Å². The maximum Gasteiger partial charge on any atom is 0.227 e. The van der Waals surface area contributed by atoms with Crippen molar-refractivity contribution in [3.8, 4) is 0 Å². The number of carbonyl (C=O) groups is 1. The first kappa shape index (κ1) is 13.8. The van der Waals surface area contributed by atoms with E-state index in [1.807, 2.05) is 0 Å². The predicted octanol–water partition coefficient (Wildman–Crippen LogP) is 0.977. The van der Waals surface area contributed by atoms with Crippen LogP contribution in [0.25, 0.3) is 0 Å². The SMILES string of the molecule is CCC1(C(=O)NCC2(N(C)C)CCC2)CCNC1. The quantitative estimate of drug-likeness (QED) is 0.767. The molecule has 104 valence electrons. The summed E-state index contributed by atoms with van der Waals surface area (Å²) in [6.07, 6.45) is 5.61. The van der Waals surface area contributed by atoms with Crippen LogP contribution in [0.15, 0.2) is 0 Å². The van der Waals surface area contributed by atoms with E-state index in [9.17, 15) is 4.79 Å². The van der Waals surface area contributed by atoms with Gasteiger partial charge in [-0.3, -0.25) is 4.79 Å². The fourth-order valence-corrected chi connectivity index (χ4v) is 3.20. The molecule has 2 rings (SSSR count). The number of likely N-dealkylation sites (N-methyl/N-ethyl adjacent to an activating group) is 1. The highest BCUT2D eigenvalue weighted by Crippen LogP contribution is 2.36. The van der Waals surface area contributed by atoms with Gasteiger partial charge < -0.3 is 15.5 Å². The Hall–Kier alpha value is -0.610. The molecule has 1 amide bonds. The van der Waals surface area contributed by atoms with Crippen molar-refractivity contribution in [3.05, 3.63) is 0 Å². The Balaban J connectivity index is 1.91. The number of amides is 1. The zero-order valence-electron chi connectivity index (χ0n) is 12.0. The Morgan fingerprint density at radius 1 is 1.33 bits per heavy atom. The van der Waals surface area contributed by atoms with Gasteiger partial charge >= 0.3 is 0 Å². The van der Waals surface area contributed by atoms with Crippen molar-refractivity contribution in [2.45, 2.75) is 44.6 Å². The summed E-state index contributed by atoms with van der Waals surface area (Å²) >= 11 is 0. The summed E-state index contributed by atoms with van der Waals surface area (Å²) in [5.41, 5.74) is 0.0634. The second-order valence-corrected chi connectivity index (χ2v) is 6.22. The Morgan fingerprint density at radius 2 is 2.06 bits per heavy atom. The standard InChI is InChI=1S/C14H27N3O/c1-4-13(8-9-15-10-13)12(18)16-11-14(17(2)3)6-5-7-14/h15H,4-11H2,1-3H3,(H,16,18). The molecule has 2 fully saturated rings. The summed E-state index contributed by atoms with van der Waals surface area (Å²) in [6.45, 7) is 4.74. The van der Waals surface area contributed by atoms with Gasteiger partial charge in [-0.1, -0.05) is 6.92 Å². The number of rotatable bonds is 5. The Bertz CT molecular complexity index is 304. The molecule has 1 heterocycles. The van der Waals surface area contributed by atoms with Crippen molar-refractivity contribution in [1.82, 2.24) is 15.5 Å². The van der Waals surface area contributed by atoms with Crippen LogP contribution >= 0.6 is 0 Å². The van der Waals surface area contributed by atoms with Crippen LogP contribution in [0.1, 0.15) is 39.0 Å². The van der Waals surface area contributed by atoms with Gasteiger partial charge in [0.15, 0.2) is 0 Å². The molecular weight excluding hydrogens is 226 g/mol. The third kappa shape index (κ3) is 2.28. The minimum atomic E-state index is -0.156. The molecule has 1 unspecified atom stereocenters. The highest BCUT2D eigenvalue weighted by Gasteiger charge is 2.43. The lowest BCUT2D eigenvalue weighted by Crippen LogP contribution is -2.58. The van der Waals surface area contributed by atoms with Crippen LogP contribution in [0.3, 0.4) is 0 Å². The Kier molecular flexibility index (Phi) is 3.97. The van der Waals surface area contributed by atoms with Crippen molar-refractivity contribution in [3.63, 3.8) is 0 Å². The molecule has 0 aromatic carbocycles. The minimum Gasteiger partial charge on any atom is -0.354 e. The highest BCUT2D eigenvalue weighted by molar-refractivity contribution is 5.83. The summed E-state index contributed by atoms with van der Waals surface area (Å²) in [5.74, 6) is 0.253. The first-order chi connectivity index (χ1) is 8.55. The lowest BCUT2D eigenvalue weighted by atomic mass is 9.75. The second kappa shape index (κ2) is 5.17. The van der Waals surface area contributed by atoms with E-state index in [0.29, 0.717) is 0 Å². The van der Waals surface area contributed by atoms with Gasteiger partial charge in [-0.2, -0.15) is 0 Å². The van der Waals surface area contributed by atoms with Crippen LogP contribution in [0.2, 0.25) is 0 Å². The molecule has 18 heavy (non-hydrogen) atoms. The molecule has 0 radical (unpaired) electrons. The second-order valence-electron chi connectivity index (χ2n) is 6.22. The normalized spacial score (nSPS) is 30.2. The average molecular weight is 253 g/mol. The molecule has 1 aliphatic carbocycles. The summed E-state index contributed by atoms with van der Waals surface area (Å²) < 4.78 is 0. The third-order valence-electron chi connectivity index (χ3n) is 5.21. The predicted molar refractivity (Wildman–Crippen MR) is 73.5 cm³/mol. The lowest BCUT2D eigenvalue weighted by Gasteiger charge is -2.47. The summed E-state index contributed by atoms with van der Waals surface area (Å²) in [6, 6.07) is 0. The molecule has 2 N–H and O–H groups in total. The van der Waals surface area contributed by atoms with E-state index < -0.39 is 0 Å². The largest absolute Gasteiger partial charge is 0.354 e. The number of nitrogens with zero attached hydrogens (tertiary/aromatic N) is 1. The molecule has 1 saturated heterocycles.